The van der Waals surface area contributed by atoms with Crippen LogP contribution in [0.25, 0.3) is 0 Å². The van der Waals surface area contributed by atoms with Gasteiger partial charge in [0.15, 0.2) is 10.9 Å². The van der Waals surface area contributed by atoms with Gasteiger partial charge in [0.05, 0.1) is 0 Å². The van der Waals surface area contributed by atoms with Gasteiger partial charge in [-0.2, -0.15) is 0 Å². The van der Waals surface area contributed by atoms with Crippen LogP contribution in [0.5, 0.6) is 0 Å². The Morgan fingerprint density at radius 1 is 1.07 bits per heavy atom. The van der Waals surface area contributed by atoms with Crippen molar-refractivity contribution in [2.45, 2.75) is 89.4 Å². The van der Waals surface area contributed by atoms with E-state index in [1.54, 1.807) is 6.92 Å². The van der Waals surface area contributed by atoms with Crippen LogP contribution in [-0.4, -0.2) is 27.7 Å². The van der Waals surface area contributed by atoms with Gasteiger partial charge < -0.3 is 4.74 Å². The number of fused-ring (bicyclic) bond motifs is 6. The zero-order valence-corrected chi connectivity index (χ0v) is 18.6. The molecule has 1 heterocycles. The summed E-state index contributed by atoms with van der Waals surface area (Å²) in [5, 5.41) is 0.409. The van der Waals surface area contributed by atoms with Crippen molar-refractivity contribution in [3.05, 3.63) is 11.6 Å². The van der Waals surface area contributed by atoms with E-state index in [2.05, 4.69) is 13.8 Å². The molecule has 0 amide bonds. The van der Waals surface area contributed by atoms with Gasteiger partial charge in [-0.25, -0.2) is 0 Å². The molecule has 0 radical (unpaired) electrons. The molecule has 1 spiro atoms. The topological polar surface area (TPSA) is 60.4 Å². The first-order chi connectivity index (χ1) is 13.7. The molecule has 7 atom stereocenters. The molecule has 4 fully saturated rings. The highest BCUT2D eigenvalue weighted by atomic mass is 32.2. The van der Waals surface area contributed by atoms with Gasteiger partial charge in [-0.1, -0.05) is 31.2 Å². The number of allylic oxidation sites excluding steroid dienone is 1. The Morgan fingerprint density at radius 3 is 2.52 bits per heavy atom. The highest BCUT2D eigenvalue weighted by Crippen LogP contribution is 2.70. The van der Waals surface area contributed by atoms with Crippen molar-refractivity contribution in [2.75, 3.05) is 0 Å². The fourth-order valence-electron chi connectivity index (χ4n) is 8.13. The first-order valence-electron chi connectivity index (χ1n) is 11.3. The normalized spacial score (nSPS) is 48.6. The van der Waals surface area contributed by atoms with Gasteiger partial charge in [-0.15, -0.1) is 0 Å². The minimum absolute atomic E-state index is 0.0119. The Kier molecular flexibility index (Phi) is 4.41. The van der Waals surface area contributed by atoms with E-state index in [0.29, 0.717) is 30.6 Å². The third-order valence-electron chi connectivity index (χ3n) is 9.61. The Labute approximate surface area is 177 Å². The van der Waals surface area contributed by atoms with Crippen LogP contribution in [0.3, 0.4) is 0 Å². The summed E-state index contributed by atoms with van der Waals surface area (Å²) in [6.45, 7) is 6.42. The number of ether oxygens (including phenoxy) is 1. The highest BCUT2D eigenvalue weighted by Gasteiger charge is 2.68. The SMILES string of the molecule is CC(=O)S[C@H]1CC2=CC(=O)CC[C@]2(C)[C@@H]2CC[C@@]3(C)[C@H](CC[C@@]34CCC(=O)O4)[C@@H]12. The van der Waals surface area contributed by atoms with Crippen molar-refractivity contribution in [1.29, 1.82) is 0 Å². The van der Waals surface area contributed by atoms with Gasteiger partial charge in [0.1, 0.15) is 5.60 Å². The highest BCUT2D eigenvalue weighted by molar-refractivity contribution is 8.14. The molecule has 5 heteroatoms. The molecule has 158 valence electrons. The van der Waals surface area contributed by atoms with E-state index < -0.39 is 0 Å². The second-order valence-corrected chi connectivity index (χ2v) is 12.1. The van der Waals surface area contributed by atoms with Gasteiger partial charge in [-0.05, 0) is 74.2 Å². The van der Waals surface area contributed by atoms with Crippen LogP contribution in [0.2, 0.25) is 0 Å². The van der Waals surface area contributed by atoms with Crippen LogP contribution in [0.15, 0.2) is 11.6 Å². The lowest BCUT2D eigenvalue weighted by Crippen LogP contribution is -2.57. The fourth-order valence-corrected chi connectivity index (χ4v) is 9.36. The zero-order valence-electron chi connectivity index (χ0n) is 17.8. The number of rotatable bonds is 1. The monoisotopic (exact) mass is 416 g/mol. The van der Waals surface area contributed by atoms with Crippen molar-refractivity contribution in [3.63, 3.8) is 0 Å². The average Bonchev–Trinajstić information content (AvgIpc) is 3.17. The fraction of sp³-hybridized carbons (Fsp3) is 0.792. The maximum absolute atomic E-state index is 12.2. The second-order valence-electron chi connectivity index (χ2n) is 10.7. The summed E-state index contributed by atoms with van der Waals surface area (Å²) in [4.78, 5) is 36.4. The van der Waals surface area contributed by atoms with Gasteiger partial charge in [0.2, 0.25) is 0 Å². The number of hydrogen-bond acceptors (Lipinski definition) is 5. The molecule has 3 saturated carbocycles. The smallest absolute Gasteiger partial charge is 0.306 e. The molecule has 5 rings (SSSR count). The summed E-state index contributed by atoms with van der Waals surface area (Å²) < 4.78 is 6.06. The quantitative estimate of drug-likeness (QED) is 0.572. The maximum Gasteiger partial charge on any atom is 0.306 e. The van der Waals surface area contributed by atoms with E-state index in [1.807, 2.05) is 6.08 Å². The molecule has 0 aromatic rings. The number of carbonyl (C=O) groups excluding carboxylic acids is 3. The molecule has 5 aliphatic rings. The van der Waals surface area contributed by atoms with Crippen LogP contribution in [0.4, 0.5) is 0 Å². The largest absolute Gasteiger partial charge is 0.458 e. The molecule has 0 aromatic heterocycles. The summed E-state index contributed by atoms with van der Waals surface area (Å²) in [6, 6.07) is 0. The van der Waals surface area contributed by atoms with Crippen molar-refractivity contribution in [3.8, 4) is 0 Å². The summed E-state index contributed by atoms with van der Waals surface area (Å²) in [6.07, 6.45) is 10.0. The van der Waals surface area contributed by atoms with Crippen LogP contribution < -0.4 is 0 Å². The number of carbonyl (C=O) groups is 3. The third-order valence-corrected chi connectivity index (χ3v) is 10.7. The van der Waals surface area contributed by atoms with Crippen LogP contribution in [0, 0.1) is 28.6 Å². The maximum atomic E-state index is 12.2. The molecule has 4 aliphatic carbocycles. The predicted molar refractivity (Wildman–Crippen MR) is 112 cm³/mol. The minimum Gasteiger partial charge on any atom is -0.458 e. The van der Waals surface area contributed by atoms with Crippen LogP contribution >= 0.6 is 11.8 Å². The van der Waals surface area contributed by atoms with Crippen molar-refractivity contribution in [2.24, 2.45) is 28.6 Å². The van der Waals surface area contributed by atoms with Crippen LogP contribution in [-0.2, 0) is 19.1 Å². The molecule has 0 bridgehead atoms. The molecule has 29 heavy (non-hydrogen) atoms. The minimum atomic E-state index is -0.287. The first-order valence-corrected chi connectivity index (χ1v) is 12.2. The molecular weight excluding hydrogens is 384 g/mol. The summed E-state index contributed by atoms with van der Waals surface area (Å²) in [7, 11) is 0. The van der Waals surface area contributed by atoms with E-state index in [9.17, 15) is 14.4 Å². The molecule has 1 saturated heterocycles. The molecule has 0 unspecified atom stereocenters. The summed E-state index contributed by atoms with van der Waals surface area (Å²) in [5.74, 6) is 1.67. The number of esters is 1. The Bertz CT molecular complexity index is 818. The van der Waals surface area contributed by atoms with Gasteiger partial charge >= 0.3 is 5.97 Å². The van der Waals surface area contributed by atoms with Gasteiger partial charge in [-0.3, -0.25) is 14.4 Å². The Morgan fingerprint density at radius 2 is 1.83 bits per heavy atom. The second kappa shape index (κ2) is 6.45. The van der Waals surface area contributed by atoms with E-state index in [0.717, 1.165) is 44.9 Å². The van der Waals surface area contributed by atoms with Crippen molar-refractivity contribution in [1.82, 2.24) is 0 Å². The standard InChI is InChI=1S/C24H32O4S/c1-14(25)29-19-13-15-12-16(26)4-8-22(15,2)17-5-9-23(3)18(21(17)19)6-10-24(23)11-7-20(27)28-24/h12,17-19,21H,4-11,13H2,1-3H3/t17-,18-,19+,21+,22+,23+,24-/m1/s1. The van der Waals surface area contributed by atoms with Crippen molar-refractivity contribution < 1.29 is 19.1 Å². The summed E-state index contributed by atoms with van der Waals surface area (Å²) >= 11 is 1.50. The van der Waals surface area contributed by atoms with Crippen LogP contribution in [0.1, 0.15) is 78.6 Å². The zero-order chi connectivity index (χ0) is 20.6. The number of thioether (sulfide) groups is 1. The lowest BCUT2D eigenvalue weighted by atomic mass is 9.46. The molecule has 4 nitrogen and oxygen atoms in total. The summed E-state index contributed by atoms with van der Waals surface area (Å²) in [5.41, 5.74) is 1.09. The first kappa shape index (κ1) is 19.8. The van der Waals surface area contributed by atoms with E-state index >= 15 is 0 Å². The van der Waals surface area contributed by atoms with Crippen molar-refractivity contribution >= 4 is 28.6 Å². The third kappa shape index (κ3) is 2.68. The number of hydrogen-bond donors (Lipinski definition) is 0. The average molecular weight is 417 g/mol. The molecule has 1 aliphatic heterocycles. The lowest BCUT2D eigenvalue weighted by Gasteiger charge is -2.61. The lowest BCUT2D eigenvalue weighted by molar-refractivity contribution is -0.167. The predicted octanol–water partition coefficient (Wildman–Crippen LogP) is 4.85. The molecule has 0 aromatic carbocycles. The molecular formula is C24H32O4S. The molecule has 0 N–H and O–H groups in total. The van der Waals surface area contributed by atoms with E-state index in [-0.39, 0.29) is 38.5 Å². The van der Waals surface area contributed by atoms with Gasteiger partial charge in [0, 0.05) is 30.4 Å². The van der Waals surface area contributed by atoms with Gasteiger partial charge in [0.25, 0.3) is 0 Å². The Hall–Kier alpha value is -1.10. The number of ketones is 1. The Balaban J connectivity index is 1.56. The van der Waals surface area contributed by atoms with E-state index in [1.165, 1.54) is 17.3 Å². The van der Waals surface area contributed by atoms with E-state index in [4.69, 9.17) is 4.74 Å².